The highest BCUT2D eigenvalue weighted by Crippen LogP contribution is 2.15. The van der Waals surface area contributed by atoms with Crippen molar-refractivity contribution in [3.8, 4) is 0 Å². The average Bonchev–Trinajstić information content (AvgIpc) is 2.61. The van der Waals surface area contributed by atoms with Crippen molar-refractivity contribution < 1.29 is 14.0 Å². The molecule has 0 spiro atoms. The molecule has 0 heterocycles. The van der Waals surface area contributed by atoms with Crippen LogP contribution in [-0.2, 0) is 22.4 Å². The fraction of sp³-hybridized carbons (Fsp3) is 0.300. The van der Waals surface area contributed by atoms with Crippen molar-refractivity contribution in [3.05, 3.63) is 65.5 Å². The lowest BCUT2D eigenvalue weighted by atomic mass is 10.1. The van der Waals surface area contributed by atoms with Gasteiger partial charge in [0.1, 0.15) is 5.82 Å². The lowest BCUT2D eigenvalue weighted by Gasteiger charge is -2.17. The second-order valence-electron chi connectivity index (χ2n) is 5.90. The Labute approximate surface area is 147 Å². The van der Waals surface area contributed by atoms with E-state index in [1.807, 2.05) is 31.2 Å². The van der Waals surface area contributed by atoms with E-state index >= 15 is 0 Å². The highest BCUT2D eigenvalue weighted by atomic mass is 19.1. The molecular weight excluding hydrogens is 319 g/mol. The number of aryl methyl sites for hydroxylation is 2. The Balaban J connectivity index is 1.86. The molecule has 0 aliphatic rings. The molecule has 25 heavy (non-hydrogen) atoms. The number of nitrogens with one attached hydrogen (secondary N) is 1. The third kappa shape index (κ3) is 5.41. The topological polar surface area (TPSA) is 49.4 Å². The molecule has 2 amide bonds. The maximum atomic E-state index is 13.6. The van der Waals surface area contributed by atoms with Crippen LogP contribution in [-0.4, -0.2) is 30.3 Å². The Hall–Kier alpha value is -2.69. The van der Waals surface area contributed by atoms with E-state index in [9.17, 15) is 14.0 Å². The average molecular weight is 342 g/mol. The number of nitrogens with zero attached hydrogens (tertiary/aromatic N) is 1. The van der Waals surface area contributed by atoms with Crippen molar-refractivity contribution in [3.63, 3.8) is 0 Å². The van der Waals surface area contributed by atoms with Gasteiger partial charge in [-0.15, -0.1) is 0 Å². The maximum Gasteiger partial charge on any atom is 0.243 e. The van der Waals surface area contributed by atoms with Gasteiger partial charge in [0.2, 0.25) is 11.8 Å². The van der Waals surface area contributed by atoms with Gasteiger partial charge in [-0.1, -0.05) is 43.3 Å². The van der Waals surface area contributed by atoms with E-state index in [1.54, 1.807) is 25.2 Å². The van der Waals surface area contributed by atoms with E-state index in [2.05, 4.69) is 5.32 Å². The molecule has 0 aliphatic carbocycles. The van der Waals surface area contributed by atoms with Gasteiger partial charge in [-0.25, -0.2) is 4.39 Å². The highest BCUT2D eigenvalue weighted by Gasteiger charge is 2.14. The highest BCUT2D eigenvalue weighted by molar-refractivity contribution is 5.95. The summed E-state index contributed by atoms with van der Waals surface area (Å²) in [5.74, 6) is -0.753. The minimum atomic E-state index is -0.313. The molecule has 0 saturated heterocycles. The Kier molecular flexibility index (Phi) is 6.69. The molecule has 0 unspecified atom stereocenters. The molecule has 1 N–H and O–H groups in total. The van der Waals surface area contributed by atoms with Gasteiger partial charge in [0, 0.05) is 19.2 Å². The van der Waals surface area contributed by atoms with Gasteiger partial charge >= 0.3 is 0 Å². The maximum absolute atomic E-state index is 13.6. The molecule has 0 radical (unpaired) electrons. The van der Waals surface area contributed by atoms with Crippen LogP contribution in [0.3, 0.4) is 0 Å². The number of anilines is 1. The summed E-state index contributed by atoms with van der Waals surface area (Å²) in [4.78, 5) is 25.7. The fourth-order valence-electron chi connectivity index (χ4n) is 2.58. The molecule has 0 aromatic heterocycles. The number of para-hydroxylation sites is 1. The molecule has 0 fully saturated rings. The number of hydrogen-bond donors (Lipinski definition) is 1. The number of likely N-dealkylation sites (N-methyl/N-ethyl adjacent to an activating group) is 1. The minimum absolute atomic E-state index is 0.0336. The molecule has 5 heteroatoms. The predicted octanol–water partition coefficient (Wildman–Crippen LogP) is 3.42. The lowest BCUT2D eigenvalue weighted by molar-refractivity contribution is -0.133. The van der Waals surface area contributed by atoms with Crippen LogP contribution in [0.4, 0.5) is 10.1 Å². The lowest BCUT2D eigenvalue weighted by Crippen LogP contribution is -2.35. The summed E-state index contributed by atoms with van der Waals surface area (Å²) in [6, 6.07) is 14.0. The molecule has 2 aromatic carbocycles. The number of benzene rings is 2. The van der Waals surface area contributed by atoms with Crippen LogP contribution in [0.1, 0.15) is 24.5 Å². The molecule has 0 saturated carbocycles. The van der Waals surface area contributed by atoms with Gasteiger partial charge in [0.05, 0.1) is 6.54 Å². The Morgan fingerprint density at radius 2 is 1.68 bits per heavy atom. The van der Waals surface area contributed by atoms with E-state index < -0.39 is 0 Å². The molecule has 132 valence electrons. The van der Waals surface area contributed by atoms with Gasteiger partial charge in [0.25, 0.3) is 0 Å². The molecule has 0 bridgehead atoms. The number of halogens is 1. The standard InChI is InChI=1S/C20H23FN2O2/c1-3-15-8-5-7-11-18(15)22-19(24)14-23(2)20(25)13-12-16-9-4-6-10-17(16)21/h4-11H,3,12-14H2,1-2H3,(H,22,24). The largest absolute Gasteiger partial charge is 0.336 e. The van der Waals surface area contributed by atoms with E-state index in [-0.39, 0.29) is 30.6 Å². The van der Waals surface area contributed by atoms with E-state index in [1.165, 1.54) is 11.0 Å². The third-order valence-corrected chi connectivity index (χ3v) is 4.04. The summed E-state index contributed by atoms with van der Waals surface area (Å²) in [6.07, 6.45) is 1.29. The summed E-state index contributed by atoms with van der Waals surface area (Å²) in [6.45, 7) is 1.98. The molecule has 2 aromatic rings. The first-order chi connectivity index (χ1) is 12.0. The monoisotopic (exact) mass is 342 g/mol. The van der Waals surface area contributed by atoms with Crippen LogP contribution in [0.25, 0.3) is 0 Å². The normalized spacial score (nSPS) is 10.4. The smallest absolute Gasteiger partial charge is 0.243 e. The SMILES string of the molecule is CCc1ccccc1NC(=O)CN(C)C(=O)CCc1ccccc1F. The third-order valence-electron chi connectivity index (χ3n) is 4.04. The van der Waals surface area contributed by atoms with Crippen LogP contribution in [0, 0.1) is 5.82 Å². The number of hydrogen-bond acceptors (Lipinski definition) is 2. The zero-order chi connectivity index (χ0) is 18.2. The van der Waals surface area contributed by atoms with Crippen LogP contribution in [0.5, 0.6) is 0 Å². The van der Waals surface area contributed by atoms with Gasteiger partial charge in [-0.3, -0.25) is 9.59 Å². The van der Waals surface area contributed by atoms with Crippen LogP contribution >= 0.6 is 0 Å². The van der Waals surface area contributed by atoms with Crippen molar-refractivity contribution in [2.75, 3.05) is 18.9 Å². The van der Waals surface area contributed by atoms with Crippen LogP contribution in [0.15, 0.2) is 48.5 Å². The molecule has 4 nitrogen and oxygen atoms in total. The van der Waals surface area contributed by atoms with Gasteiger partial charge in [-0.05, 0) is 36.1 Å². The quantitative estimate of drug-likeness (QED) is 0.838. The number of carbonyl (C=O) groups is 2. The zero-order valence-corrected chi connectivity index (χ0v) is 14.6. The molecule has 2 rings (SSSR count). The second-order valence-corrected chi connectivity index (χ2v) is 5.90. The summed E-state index contributed by atoms with van der Waals surface area (Å²) >= 11 is 0. The van der Waals surface area contributed by atoms with E-state index in [4.69, 9.17) is 0 Å². The zero-order valence-electron chi connectivity index (χ0n) is 14.6. The van der Waals surface area contributed by atoms with Gasteiger partial charge in [-0.2, -0.15) is 0 Å². The summed E-state index contributed by atoms with van der Waals surface area (Å²) in [5.41, 5.74) is 2.32. The van der Waals surface area contributed by atoms with E-state index in [0.717, 1.165) is 17.7 Å². The van der Waals surface area contributed by atoms with Crippen molar-refractivity contribution in [2.45, 2.75) is 26.2 Å². The molecular formula is C20H23FN2O2. The van der Waals surface area contributed by atoms with Crippen LogP contribution in [0.2, 0.25) is 0 Å². The predicted molar refractivity (Wildman–Crippen MR) is 96.8 cm³/mol. The van der Waals surface area contributed by atoms with Gasteiger partial charge < -0.3 is 10.2 Å². The first kappa shape index (κ1) is 18.6. The summed E-state index contributed by atoms with van der Waals surface area (Å²) in [7, 11) is 1.58. The number of carbonyl (C=O) groups excluding carboxylic acids is 2. The first-order valence-corrected chi connectivity index (χ1v) is 8.36. The molecule has 0 atom stereocenters. The fourth-order valence-corrected chi connectivity index (χ4v) is 2.58. The van der Waals surface area contributed by atoms with E-state index in [0.29, 0.717) is 12.0 Å². The van der Waals surface area contributed by atoms with Crippen molar-refractivity contribution in [1.82, 2.24) is 4.90 Å². The Morgan fingerprint density at radius 1 is 1.04 bits per heavy atom. The summed E-state index contributed by atoms with van der Waals surface area (Å²) < 4.78 is 13.6. The first-order valence-electron chi connectivity index (χ1n) is 8.36. The Morgan fingerprint density at radius 3 is 2.36 bits per heavy atom. The van der Waals surface area contributed by atoms with Gasteiger partial charge in [0.15, 0.2) is 0 Å². The minimum Gasteiger partial charge on any atom is -0.336 e. The van der Waals surface area contributed by atoms with Crippen molar-refractivity contribution in [2.24, 2.45) is 0 Å². The second kappa shape index (κ2) is 8.97. The van der Waals surface area contributed by atoms with Crippen LogP contribution < -0.4 is 5.32 Å². The Bertz CT molecular complexity index is 746. The number of rotatable bonds is 7. The number of amides is 2. The summed E-state index contributed by atoms with van der Waals surface area (Å²) in [5, 5.41) is 2.84. The van der Waals surface area contributed by atoms with Crippen molar-refractivity contribution in [1.29, 1.82) is 0 Å². The van der Waals surface area contributed by atoms with Crippen molar-refractivity contribution >= 4 is 17.5 Å². The molecule has 0 aliphatic heterocycles.